The van der Waals surface area contributed by atoms with Crippen molar-refractivity contribution in [1.82, 2.24) is 10.2 Å². The van der Waals surface area contributed by atoms with Crippen LogP contribution in [0.5, 0.6) is 0 Å². The summed E-state index contributed by atoms with van der Waals surface area (Å²) in [4.78, 5) is 25.0. The standard InChI is InChI=1S/C14H19FN2O4/c1-21-9-7-17(6-8-18)13(19)10-16-14(20)11-4-2-3-5-12(11)15/h2-5,18H,6-10H2,1H3,(H,16,20). The SMILES string of the molecule is COCCN(CCO)C(=O)CNC(=O)c1ccccc1F. The molecule has 6 nitrogen and oxygen atoms in total. The summed E-state index contributed by atoms with van der Waals surface area (Å²) in [5.41, 5.74) is -0.115. The first-order chi connectivity index (χ1) is 10.1. The van der Waals surface area contributed by atoms with Crippen molar-refractivity contribution in [3.05, 3.63) is 35.6 Å². The number of aliphatic hydroxyl groups is 1. The molecule has 0 unspecified atom stereocenters. The molecule has 0 heterocycles. The molecular formula is C14H19FN2O4. The molecule has 7 heteroatoms. The number of benzene rings is 1. The maximum Gasteiger partial charge on any atom is 0.254 e. The zero-order valence-corrected chi connectivity index (χ0v) is 11.8. The van der Waals surface area contributed by atoms with Gasteiger partial charge in [-0.05, 0) is 12.1 Å². The lowest BCUT2D eigenvalue weighted by atomic mass is 10.2. The van der Waals surface area contributed by atoms with Gasteiger partial charge >= 0.3 is 0 Å². The van der Waals surface area contributed by atoms with E-state index >= 15 is 0 Å². The Balaban J connectivity index is 2.54. The highest BCUT2D eigenvalue weighted by Crippen LogP contribution is 2.05. The fourth-order valence-electron chi connectivity index (χ4n) is 1.69. The average Bonchev–Trinajstić information content (AvgIpc) is 2.49. The number of carbonyl (C=O) groups excluding carboxylic acids is 2. The Morgan fingerprint density at radius 2 is 2.05 bits per heavy atom. The largest absolute Gasteiger partial charge is 0.395 e. The predicted molar refractivity (Wildman–Crippen MR) is 74.3 cm³/mol. The van der Waals surface area contributed by atoms with E-state index in [-0.39, 0.29) is 31.2 Å². The van der Waals surface area contributed by atoms with Crippen LogP contribution < -0.4 is 5.32 Å². The van der Waals surface area contributed by atoms with E-state index in [0.717, 1.165) is 0 Å². The third-order valence-electron chi connectivity index (χ3n) is 2.81. The van der Waals surface area contributed by atoms with Gasteiger partial charge in [0.25, 0.3) is 5.91 Å². The molecule has 0 aliphatic rings. The Labute approximate surface area is 122 Å². The molecule has 1 aromatic carbocycles. The van der Waals surface area contributed by atoms with Gasteiger partial charge in [-0.1, -0.05) is 12.1 Å². The number of halogens is 1. The van der Waals surface area contributed by atoms with Crippen LogP contribution in [0, 0.1) is 5.82 Å². The third kappa shape index (κ3) is 5.49. The van der Waals surface area contributed by atoms with Crippen LogP contribution in [0.15, 0.2) is 24.3 Å². The molecule has 0 saturated carbocycles. The minimum Gasteiger partial charge on any atom is -0.395 e. The highest BCUT2D eigenvalue weighted by Gasteiger charge is 2.16. The normalized spacial score (nSPS) is 10.2. The Morgan fingerprint density at radius 1 is 1.33 bits per heavy atom. The summed E-state index contributed by atoms with van der Waals surface area (Å²) >= 11 is 0. The van der Waals surface area contributed by atoms with Crippen LogP contribution in [-0.4, -0.2) is 61.8 Å². The fraction of sp³-hybridized carbons (Fsp3) is 0.429. The van der Waals surface area contributed by atoms with Crippen molar-refractivity contribution in [2.24, 2.45) is 0 Å². The first-order valence-electron chi connectivity index (χ1n) is 6.50. The first kappa shape index (κ1) is 17.1. The van der Waals surface area contributed by atoms with Gasteiger partial charge in [0.2, 0.25) is 5.91 Å². The molecule has 0 bridgehead atoms. The minimum absolute atomic E-state index is 0.115. The van der Waals surface area contributed by atoms with E-state index in [1.54, 1.807) is 0 Å². The van der Waals surface area contributed by atoms with Crippen LogP contribution in [0.2, 0.25) is 0 Å². The summed E-state index contributed by atoms with van der Waals surface area (Å²) in [6, 6.07) is 5.53. The zero-order chi connectivity index (χ0) is 15.7. The second-order valence-electron chi connectivity index (χ2n) is 4.26. The van der Waals surface area contributed by atoms with E-state index in [4.69, 9.17) is 9.84 Å². The molecule has 21 heavy (non-hydrogen) atoms. The number of amides is 2. The molecule has 0 aromatic heterocycles. The van der Waals surface area contributed by atoms with E-state index in [0.29, 0.717) is 13.2 Å². The van der Waals surface area contributed by atoms with Crippen LogP contribution in [0.4, 0.5) is 4.39 Å². The lowest BCUT2D eigenvalue weighted by molar-refractivity contribution is -0.131. The number of hydrogen-bond acceptors (Lipinski definition) is 4. The summed E-state index contributed by atoms with van der Waals surface area (Å²) < 4.78 is 18.3. The van der Waals surface area contributed by atoms with Crippen LogP contribution in [-0.2, 0) is 9.53 Å². The maximum atomic E-state index is 13.4. The summed E-state index contributed by atoms with van der Waals surface area (Å²) in [5.74, 6) is -1.67. The van der Waals surface area contributed by atoms with Gasteiger partial charge in [-0.25, -0.2) is 4.39 Å². The molecule has 0 saturated heterocycles. The molecule has 0 aliphatic heterocycles. The van der Waals surface area contributed by atoms with E-state index in [1.165, 1.54) is 36.3 Å². The number of ether oxygens (including phenoxy) is 1. The van der Waals surface area contributed by atoms with E-state index in [1.807, 2.05) is 0 Å². The molecule has 0 aliphatic carbocycles. The van der Waals surface area contributed by atoms with Gasteiger partial charge in [-0.2, -0.15) is 0 Å². The molecule has 116 valence electrons. The van der Waals surface area contributed by atoms with Gasteiger partial charge in [0.15, 0.2) is 0 Å². The van der Waals surface area contributed by atoms with E-state index < -0.39 is 11.7 Å². The van der Waals surface area contributed by atoms with Crippen molar-refractivity contribution < 1.29 is 23.8 Å². The number of nitrogens with one attached hydrogen (secondary N) is 1. The highest BCUT2D eigenvalue weighted by molar-refractivity contribution is 5.96. The molecule has 0 atom stereocenters. The summed E-state index contributed by atoms with van der Waals surface area (Å²) in [6.45, 7) is 0.337. The van der Waals surface area contributed by atoms with E-state index in [2.05, 4.69) is 5.32 Å². The second-order valence-corrected chi connectivity index (χ2v) is 4.26. The van der Waals surface area contributed by atoms with Gasteiger partial charge in [-0.15, -0.1) is 0 Å². The number of carbonyl (C=O) groups is 2. The molecule has 2 N–H and O–H groups in total. The first-order valence-corrected chi connectivity index (χ1v) is 6.50. The summed E-state index contributed by atoms with van der Waals surface area (Å²) in [6.07, 6.45) is 0. The number of rotatable bonds is 8. The molecule has 0 fully saturated rings. The highest BCUT2D eigenvalue weighted by atomic mass is 19.1. The molecule has 1 aromatic rings. The van der Waals surface area contributed by atoms with Crippen LogP contribution in [0.1, 0.15) is 10.4 Å². The smallest absolute Gasteiger partial charge is 0.254 e. The zero-order valence-electron chi connectivity index (χ0n) is 11.8. The lowest BCUT2D eigenvalue weighted by Gasteiger charge is -2.21. The van der Waals surface area contributed by atoms with Crippen molar-refractivity contribution in [2.45, 2.75) is 0 Å². The average molecular weight is 298 g/mol. The Hall–Kier alpha value is -1.99. The number of nitrogens with zero attached hydrogens (tertiary/aromatic N) is 1. The van der Waals surface area contributed by atoms with Gasteiger partial charge in [0, 0.05) is 20.2 Å². The van der Waals surface area contributed by atoms with Crippen molar-refractivity contribution in [1.29, 1.82) is 0 Å². The van der Waals surface area contributed by atoms with Gasteiger partial charge < -0.3 is 20.1 Å². The number of methoxy groups -OCH3 is 1. The van der Waals surface area contributed by atoms with Crippen molar-refractivity contribution in [3.63, 3.8) is 0 Å². The second kappa shape index (κ2) is 9.04. The molecular weight excluding hydrogens is 279 g/mol. The molecule has 0 radical (unpaired) electrons. The Bertz CT molecular complexity index is 482. The van der Waals surface area contributed by atoms with E-state index in [9.17, 15) is 14.0 Å². The summed E-state index contributed by atoms with van der Waals surface area (Å²) in [5, 5.41) is 11.3. The van der Waals surface area contributed by atoms with Crippen molar-refractivity contribution in [3.8, 4) is 0 Å². The quantitative estimate of drug-likeness (QED) is 0.709. The fourth-order valence-corrected chi connectivity index (χ4v) is 1.69. The summed E-state index contributed by atoms with van der Waals surface area (Å²) in [7, 11) is 1.50. The van der Waals surface area contributed by atoms with Gasteiger partial charge in [0.1, 0.15) is 5.82 Å². The van der Waals surface area contributed by atoms with Gasteiger partial charge in [-0.3, -0.25) is 9.59 Å². The predicted octanol–water partition coefficient (Wildman–Crippen LogP) is 0.0228. The molecule has 2 amide bonds. The topological polar surface area (TPSA) is 78.9 Å². The molecule has 1 rings (SSSR count). The molecule has 0 spiro atoms. The minimum atomic E-state index is -0.655. The number of hydrogen-bond donors (Lipinski definition) is 2. The van der Waals surface area contributed by atoms with Crippen LogP contribution in [0.3, 0.4) is 0 Å². The monoisotopic (exact) mass is 298 g/mol. The maximum absolute atomic E-state index is 13.4. The Kier molecular flexibility index (Phi) is 7.34. The van der Waals surface area contributed by atoms with Crippen LogP contribution >= 0.6 is 0 Å². The van der Waals surface area contributed by atoms with Crippen molar-refractivity contribution in [2.75, 3.05) is 40.0 Å². The van der Waals surface area contributed by atoms with Gasteiger partial charge in [0.05, 0.1) is 25.3 Å². The van der Waals surface area contributed by atoms with Crippen LogP contribution in [0.25, 0.3) is 0 Å². The third-order valence-corrected chi connectivity index (χ3v) is 2.81. The Morgan fingerprint density at radius 3 is 2.67 bits per heavy atom. The lowest BCUT2D eigenvalue weighted by Crippen LogP contribution is -2.43. The van der Waals surface area contributed by atoms with Crippen molar-refractivity contribution >= 4 is 11.8 Å². The number of aliphatic hydroxyl groups excluding tert-OH is 1.